The first-order valence-electron chi connectivity index (χ1n) is 9.10. The van der Waals surface area contributed by atoms with Crippen molar-refractivity contribution < 1.29 is 9.53 Å². The molecule has 1 fully saturated rings. The molecule has 1 N–H and O–H groups in total. The zero-order chi connectivity index (χ0) is 17.9. The van der Waals surface area contributed by atoms with Crippen molar-refractivity contribution in [1.82, 2.24) is 24.5 Å². The fraction of sp³-hybridized carbons (Fsp3) is 0.421. The summed E-state index contributed by atoms with van der Waals surface area (Å²) in [5.41, 5.74) is 2.55. The molecule has 0 aromatic carbocycles. The van der Waals surface area contributed by atoms with Crippen LogP contribution in [0.15, 0.2) is 43.0 Å². The van der Waals surface area contributed by atoms with E-state index in [2.05, 4.69) is 22.3 Å². The maximum Gasteiger partial charge on any atom is 0.252 e. The van der Waals surface area contributed by atoms with Crippen LogP contribution in [0.4, 0.5) is 0 Å². The highest BCUT2D eigenvalue weighted by atomic mass is 16.5. The highest BCUT2D eigenvalue weighted by Crippen LogP contribution is 2.33. The zero-order valence-electron chi connectivity index (χ0n) is 14.8. The van der Waals surface area contributed by atoms with E-state index in [1.54, 1.807) is 18.5 Å². The van der Waals surface area contributed by atoms with Gasteiger partial charge in [-0.25, -0.2) is 4.98 Å². The van der Waals surface area contributed by atoms with Crippen molar-refractivity contribution in [2.75, 3.05) is 13.2 Å². The molecule has 3 aromatic heterocycles. The summed E-state index contributed by atoms with van der Waals surface area (Å²) in [4.78, 5) is 16.8. The summed E-state index contributed by atoms with van der Waals surface area (Å²) >= 11 is 0. The Balaban J connectivity index is 1.45. The van der Waals surface area contributed by atoms with Crippen LogP contribution in [-0.2, 0) is 11.3 Å². The summed E-state index contributed by atoms with van der Waals surface area (Å²) in [6.07, 6.45) is 9.19. The van der Waals surface area contributed by atoms with Gasteiger partial charge in [-0.3, -0.25) is 9.48 Å². The van der Waals surface area contributed by atoms with Gasteiger partial charge in [0.05, 0.1) is 11.3 Å². The maximum atomic E-state index is 12.6. The largest absolute Gasteiger partial charge is 0.372 e. The second-order valence-corrected chi connectivity index (χ2v) is 6.59. The lowest BCUT2D eigenvalue weighted by molar-refractivity contribution is -0.0321. The van der Waals surface area contributed by atoms with Crippen LogP contribution in [0.25, 0.3) is 5.65 Å². The number of ether oxygens (including phenoxy) is 1. The molecule has 1 amide bonds. The van der Waals surface area contributed by atoms with Gasteiger partial charge in [0.2, 0.25) is 0 Å². The van der Waals surface area contributed by atoms with E-state index >= 15 is 0 Å². The van der Waals surface area contributed by atoms with E-state index in [-0.39, 0.29) is 17.9 Å². The van der Waals surface area contributed by atoms with Gasteiger partial charge in [-0.05, 0) is 38.0 Å². The minimum absolute atomic E-state index is 0.0253. The molecule has 0 aliphatic carbocycles. The molecule has 1 saturated heterocycles. The van der Waals surface area contributed by atoms with E-state index in [0.717, 1.165) is 37.3 Å². The number of nitrogens with zero attached hydrogens (tertiary/aromatic N) is 4. The Bertz CT molecular complexity index is 900. The molecule has 0 radical (unpaired) electrons. The summed E-state index contributed by atoms with van der Waals surface area (Å²) in [7, 11) is 0. The molecular weight excluding hydrogens is 330 g/mol. The number of hydrogen-bond acceptors (Lipinski definition) is 4. The Labute approximate surface area is 152 Å². The number of fused-ring (bicyclic) bond motifs is 1. The minimum atomic E-state index is -0.0751. The van der Waals surface area contributed by atoms with Crippen molar-refractivity contribution in [2.24, 2.45) is 5.92 Å². The molecule has 7 nitrogen and oxygen atoms in total. The van der Waals surface area contributed by atoms with Crippen LogP contribution in [-0.4, -0.2) is 38.2 Å². The molecule has 1 aliphatic rings. The van der Waals surface area contributed by atoms with E-state index < -0.39 is 0 Å². The van der Waals surface area contributed by atoms with Crippen molar-refractivity contribution in [3.05, 3.63) is 54.2 Å². The normalized spacial score (nSPS) is 20.3. The van der Waals surface area contributed by atoms with E-state index in [1.165, 1.54) is 0 Å². The first-order chi connectivity index (χ1) is 12.8. The minimum Gasteiger partial charge on any atom is -0.372 e. The summed E-state index contributed by atoms with van der Waals surface area (Å²) in [6, 6.07) is 5.67. The first-order valence-corrected chi connectivity index (χ1v) is 9.10. The molecule has 136 valence electrons. The predicted octanol–water partition coefficient (Wildman–Crippen LogP) is 2.45. The molecular formula is C19H23N5O2. The number of rotatable bonds is 5. The second kappa shape index (κ2) is 7.29. The molecule has 4 rings (SSSR count). The number of imidazole rings is 1. The van der Waals surface area contributed by atoms with E-state index in [4.69, 9.17) is 4.74 Å². The average molecular weight is 353 g/mol. The number of carbonyl (C=O) groups excluding carboxylic acids is 1. The van der Waals surface area contributed by atoms with Crippen molar-refractivity contribution in [1.29, 1.82) is 0 Å². The third kappa shape index (κ3) is 3.22. The highest BCUT2D eigenvalue weighted by Gasteiger charge is 2.30. The van der Waals surface area contributed by atoms with Crippen LogP contribution in [0.1, 0.15) is 41.9 Å². The lowest BCUT2D eigenvalue weighted by Crippen LogP contribution is -2.36. The highest BCUT2D eigenvalue weighted by molar-refractivity contribution is 5.94. The number of aryl methyl sites for hydroxylation is 1. The van der Waals surface area contributed by atoms with Gasteiger partial charge >= 0.3 is 0 Å². The molecule has 26 heavy (non-hydrogen) atoms. The van der Waals surface area contributed by atoms with Crippen molar-refractivity contribution >= 4 is 11.6 Å². The van der Waals surface area contributed by atoms with E-state index in [0.29, 0.717) is 12.1 Å². The van der Waals surface area contributed by atoms with Gasteiger partial charge in [0, 0.05) is 50.4 Å². The van der Waals surface area contributed by atoms with Crippen LogP contribution in [0, 0.1) is 5.92 Å². The number of aromatic nitrogens is 4. The van der Waals surface area contributed by atoms with Gasteiger partial charge in [-0.2, -0.15) is 5.10 Å². The molecule has 3 aromatic rings. The van der Waals surface area contributed by atoms with Crippen molar-refractivity contribution in [2.45, 2.75) is 32.4 Å². The summed E-state index contributed by atoms with van der Waals surface area (Å²) in [5, 5.41) is 7.42. The summed E-state index contributed by atoms with van der Waals surface area (Å²) in [5.74, 6) is 0.167. The quantitative estimate of drug-likeness (QED) is 0.765. The fourth-order valence-corrected chi connectivity index (χ4v) is 3.61. The van der Waals surface area contributed by atoms with Crippen LogP contribution in [0.5, 0.6) is 0 Å². The Morgan fingerprint density at radius 1 is 1.35 bits per heavy atom. The van der Waals surface area contributed by atoms with Gasteiger partial charge < -0.3 is 14.5 Å². The Morgan fingerprint density at radius 2 is 2.27 bits per heavy atom. The Hall–Kier alpha value is -2.67. The molecule has 1 aliphatic heterocycles. The molecule has 4 heterocycles. The number of nitrogens with one attached hydrogen (secondary N) is 1. The van der Waals surface area contributed by atoms with Gasteiger partial charge in [0.1, 0.15) is 11.8 Å². The standard InChI is InChI=1S/C19H23N5O2/c1-2-24-16(7-8-22-24)18-14(4-3-11-26-18)12-21-19(25)15-5-6-17-20-9-10-23(17)13-15/h5-10,13-14,18H,2-4,11-12H2,1H3,(H,21,25)/t14-,18+/m0/s1. The van der Waals surface area contributed by atoms with Crippen LogP contribution < -0.4 is 5.32 Å². The van der Waals surface area contributed by atoms with Gasteiger partial charge in [0.25, 0.3) is 5.91 Å². The predicted molar refractivity (Wildman–Crippen MR) is 96.8 cm³/mol. The summed E-state index contributed by atoms with van der Waals surface area (Å²) < 4.78 is 9.86. The third-order valence-corrected chi connectivity index (χ3v) is 4.96. The second-order valence-electron chi connectivity index (χ2n) is 6.59. The topological polar surface area (TPSA) is 73.4 Å². The zero-order valence-corrected chi connectivity index (χ0v) is 14.8. The van der Waals surface area contributed by atoms with E-state index in [1.807, 2.05) is 33.6 Å². The number of hydrogen-bond donors (Lipinski definition) is 1. The van der Waals surface area contributed by atoms with Crippen molar-refractivity contribution in [3.63, 3.8) is 0 Å². The molecule has 0 saturated carbocycles. The fourth-order valence-electron chi connectivity index (χ4n) is 3.61. The first kappa shape index (κ1) is 16.8. The molecule has 7 heteroatoms. The van der Waals surface area contributed by atoms with Crippen LogP contribution in [0.3, 0.4) is 0 Å². The van der Waals surface area contributed by atoms with Crippen LogP contribution in [0.2, 0.25) is 0 Å². The van der Waals surface area contributed by atoms with Gasteiger partial charge in [-0.1, -0.05) is 0 Å². The SMILES string of the molecule is CCn1nccc1[C@@H]1OCCC[C@H]1CNC(=O)c1ccc2nccn2c1. The Morgan fingerprint density at radius 3 is 3.15 bits per heavy atom. The average Bonchev–Trinajstić information content (AvgIpc) is 3.34. The number of pyridine rings is 1. The lowest BCUT2D eigenvalue weighted by Gasteiger charge is -2.32. The lowest BCUT2D eigenvalue weighted by atomic mass is 9.92. The number of carbonyl (C=O) groups is 1. The third-order valence-electron chi connectivity index (χ3n) is 4.96. The summed E-state index contributed by atoms with van der Waals surface area (Å²) in [6.45, 7) is 4.22. The maximum absolute atomic E-state index is 12.6. The van der Waals surface area contributed by atoms with Crippen molar-refractivity contribution in [3.8, 4) is 0 Å². The number of amides is 1. The molecule has 0 bridgehead atoms. The molecule has 0 spiro atoms. The smallest absolute Gasteiger partial charge is 0.252 e. The van der Waals surface area contributed by atoms with Gasteiger partial charge in [0.15, 0.2) is 0 Å². The van der Waals surface area contributed by atoms with Crippen LogP contribution >= 0.6 is 0 Å². The monoisotopic (exact) mass is 353 g/mol. The van der Waals surface area contributed by atoms with E-state index in [9.17, 15) is 4.79 Å². The Kier molecular flexibility index (Phi) is 4.71. The molecule has 0 unspecified atom stereocenters. The van der Waals surface area contributed by atoms with Gasteiger partial charge in [-0.15, -0.1) is 0 Å². The molecule has 2 atom stereocenters.